The molecule has 90 valence electrons. The lowest BCUT2D eigenvalue weighted by Crippen LogP contribution is -2.30. The van der Waals surface area contributed by atoms with Crippen molar-refractivity contribution in [2.45, 2.75) is 25.9 Å². The van der Waals surface area contributed by atoms with Crippen molar-refractivity contribution in [3.63, 3.8) is 0 Å². The average molecular weight is 224 g/mol. The first-order valence-corrected chi connectivity index (χ1v) is 5.49. The predicted octanol–water partition coefficient (Wildman–Crippen LogP) is 2.27. The summed E-state index contributed by atoms with van der Waals surface area (Å²) in [5.41, 5.74) is -0.0828. The lowest BCUT2D eigenvalue weighted by atomic mass is 9.82. The van der Waals surface area contributed by atoms with E-state index >= 15 is 0 Å². The fourth-order valence-electron chi connectivity index (χ4n) is 1.66. The predicted molar refractivity (Wildman–Crippen MR) is 63.3 cm³/mol. The highest BCUT2D eigenvalue weighted by Crippen LogP contribution is 2.32. The van der Waals surface area contributed by atoms with E-state index in [4.69, 9.17) is 4.74 Å². The minimum absolute atomic E-state index is 0.0944. The molecule has 2 atom stereocenters. The van der Waals surface area contributed by atoms with E-state index in [-0.39, 0.29) is 11.7 Å². The van der Waals surface area contributed by atoms with Gasteiger partial charge >= 0.3 is 0 Å². The van der Waals surface area contributed by atoms with E-state index in [1.807, 2.05) is 6.92 Å². The van der Waals surface area contributed by atoms with Gasteiger partial charge in [-0.15, -0.1) is 0 Å². The molecule has 2 unspecified atom stereocenters. The van der Waals surface area contributed by atoms with Crippen LogP contribution in [0.1, 0.15) is 25.8 Å². The van der Waals surface area contributed by atoms with Gasteiger partial charge in [0.2, 0.25) is 0 Å². The molecule has 1 aromatic rings. The van der Waals surface area contributed by atoms with Gasteiger partial charge in [-0.2, -0.15) is 0 Å². The van der Waals surface area contributed by atoms with Crippen LogP contribution in [0.15, 0.2) is 24.3 Å². The summed E-state index contributed by atoms with van der Waals surface area (Å²) in [4.78, 5) is 0. The highest BCUT2D eigenvalue weighted by Gasteiger charge is 2.29. The fraction of sp³-hybridized carbons (Fsp3) is 0.538. The van der Waals surface area contributed by atoms with E-state index in [9.17, 15) is 10.2 Å². The number of phenolic OH excluding ortho intramolecular Hbond substituents is 1. The van der Waals surface area contributed by atoms with Crippen LogP contribution in [0.25, 0.3) is 0 Å². The second kappa shape index (κ2) is 5.32. The van der Waals surface area contributed by atoms with Gasteiger partial charge in [0, 0.05) is 13.7 Å². The molecule has 0 fully saturated rings. The SMILES string of the molecule is COCCC(C)C(C)(O)c1ccc(O)cc1. The van der Waals surface area contributed by atoms with Crippen LogP contribution >= 0.6 is 0 Å². The summed E-state index contributed by atoms with van der Waals surface area (Å²) < 4.78 is 5.01. The van der Waals surface area contributed by atoms with Gasteiger partial charge in [-0.05, 0) is 37.0 Å². The molecule has 3 nitrogen and oxygen atoms in total. The Kier molecular flexibility index (Phi) is 4.33. The Morgan fingerprint density at radius 2 is 1.88 bits per heavy atom. The number of hydrogen-bond donors (Lipinski definition) is 2. The lowest BCUT2D eigenvalue weighted by molar-refractivity contribution is -0.0107. The van der Waals surface area contributed by atoms with E-state index in [1.54, 1.807) is 38.3 Å². The topological polar surface area (TPSA) is 49.7 Å². The zero-order valence-electron chi connectivity index (χ0n) is 10.1. The van der Waals surface area contributed by atoms with Crippen LogP contribution in [0.3, 0.4) is 0 Å². The average Bonchev–Trinajstić information content (AvgIpc) is 2.26. The quantitative estimate of drug-likeness (QED) is 0.806. The van der Waals surface area contributed by atoms with Crippen molar-refractivity contribution in [1.82, 2.24) is 0 Å². The summed E-state index contributed by atoms with van der Waals surface area (Å²) in [6.07, 6.45) is 0.796. The summed E-state index contributed by atoms with van der Waals surface area (Å²) in [7, 11) is 1.65. The van der Waals surface area contributed by atoms with Crippen LogP contribution in [0, 0.1) is 5.92 Å². The van der Waals surface area contributed by atoms with Crippen LogP contribution in [-0.2, 0) is 10.3 Å². The molecule has 2 N–H and O–H groups in total. The van der Waals surface area contributed by atoms with E-state index in [1.165, 1.54) is 0 Å². The third-order valence-corrected chi connectivity index (χ3v) is 3.17. The van der Waals surface area contributed by atoms with Crippen molar-refractivity contribution in [3.05, 3.63) is 29.8 Å². The fourth-order valence-corrected chi connectivity index (χ4v) is 1.66. The van der Waals surface area contributed by atoms with Gasteiger partial charge in [0.15, 0.2) is 0 Å². The van der Waals surface area contributed by atoms with E-state index in [2.05, 4.69) is 0 Å². The minimum atomic E-state index is -0.897. The Morgan fingerprint density at radius 3 is 2.38 bits per heavy atom. The highest BCUT2D eigenvalue weighted by atomic mass is 16.5. The first-order chi connectivity index (χ1) is 7.48. The van der Waals surface area contributed by atoms with Gasteiger partial charge in [-0.25, -0.2) is 0 Å². The molecule has 0 saturated carbocycles. The van der Waals surface area contributed by atoms with Crippen LogP contribution in [0.2, 0.25) is 0 Å². The molecule has 0 aliphatic carbocycles. The molecule has 0 saturated heterocycles. The molecule has 0 bridgehead atoms. The Labute approximate surface area is 96.7 Å². The van der Waals surface area contributed by atoms with Crippen LogP contribution < -0.4 is 0 Å². The van der Waals surface area contributed by atoms with Gasteiger partial charge in [0.05, 0.1) is 5.60 Å². The lowest BCUT2D eigenvalue weighted by Gasteiger charge is -2.30. The smallest absolute Gasteiger partial charge is 0.115 e. The van der Waals surface area contributed by atoms with E-state index in [0.717, 1.165) is 12.0 Å². The van der Waals surface area contributed by atoms with E-state index in [0.29, 0.717) is 6.61 Å². The molecule has 0 radical (unpaired) electrons. The van der Waals surface area contributed by atoms with Crippen molar-refractivity contribution in [3.8, 4) is 5.75 Å². The van der Waals surface area contributed by atoms with Crippen molar-refractivity contribution in [2.24, 2.45) is 5.92 Å². The molecule has 0 heterocycles. The third-order valence-electron chi connectivity index (χ3n) is 3.17. The Bertz CT molecular complexity index is 316. The van der Waals surface area contributed by atoms with Gasteiger partial charge in [0.1, 0.15) is 5.75 Å². The summed E-state index contributed by atoms with van der Waals surface area (Å²) in [5.74, 6) is 0.307. The normalized spacial score (nSPS) is 16.8. The maximum atomic E-state index is 10.4. The van der Waals surface area contributed by atoms with Crippen molar-refractivity contribution >= 4 is 0 Å². The molecular weight excluding hydrogens is 204 g/mol. The summed E-state index contributed by atoms with van der Waals surface area (Å²) in [6, 6.07) is 6.68. The van der Waals surface area contributed by atoms with Crippen LogP contribution in [0.4, 0.5) is 0 Å². The Balaban J connectivity index is 2.79. The Hall–Kier alpha value is -1.06. The number of aliphatic hydroxyl groups is 1. The monoisotopic (exact) mass is 224 g/mol. The molecule has 1 rings (SSSR count). The standard InChI is InChI=1S/C13H20O3/c1-10(8-9-16-3)13(2,15)11-4-6-12(14)7-5-11/h4-7,10,14-15H,8-9H2,1-3H3. The third kappa shape index (κ3) is 2.97. The molecule has 0 aliphatic rings. The summed E-state index contributed by atoms with van der Waals surface area (Å²) in [5, 5.41) is 19.6. The van der Waals surface area contributed by atoms with Gasteiger partial charge in [-0.1, -0.05) is 19.1 Å². The number of phenols is 1. The summed E-state index contributed by atoms with van der Waals surface area (Å²) in [6.45, 7) is 4.42. The number of hydrogen-bond acceptors (Lipinski definition) is 3. The highest BCUT2D eigenvalue weighted by molar-refractivity contribution is 5.29. The Morgan fingerprint density at radius 1 is 1.31 bits per heavy atom. The zero-order chi connectivity index (χ0) is 12.2. The molecule has 0 aliphatic heterocycles. The number of methoxy groups -OCH3 is 1. The zero-order valence-corrected chi connectivity index (χ0v) is 10.1. The van der Waals surface area contributed by atoms with Crippen LogP contribution in [-0.4, -0.2) is 23.9 Å². The minimum Gasteiger partial charge on any atom is -0.508 e. The van der Waals surface area contributed by atoms with Gasteiger partial charge in [-0.3, -0.25) is 0 Å². The molecule has 0 aromatic heterocycles. The largest absolute Gasteiger partial charge is 0.508 e. The van der Waals surface area contributed by atoms with Crippen molar-refractivity contribution in [2.75, 3.05) is 13.7 Å². The molecule has 3 heteroatoms. The first-order valence-electron chi connectivity index (χ1n) is 5.49. The van der Waals surface area contributed by atoms with Crippen LogP contribution in [0.5, 0.6) is 5.75 Å². The number of aromatic hydroxyl groups is 1. The first kappa shape index (κ1) is 13.0. The number of benzene rings is 1. The molecule has 0 spiro atoms. The maximum absolute atomic E-state index is 10.4. The van der Waals surface area contributed by atoms with Crippen molar-refractivity contribution < 1.29 is 14.9 Å². The second-order valence-electron chi connectivity index (χ2n) is 4.38. The van der Waals surface area contributed by atoms with Crippen molar-refractivity contribution in [1.29, 1.82) is 0 Å². The molecule has 16 heavy (non-hydrogen) atoms. The second-order valence-corrected chi connectivity index (χ2v) is 4.38. The van der Waals surface area contributed by atoms with Gasteiger partial charge < -0.3 is 14.9 Å². The maximum Gasteiger partial charge on any atom is 0.115 e. The molecule has 0 amide bonds. The molecule has 1 aromatic carbocycles. The number of ether oxygens (including phenoxy) is 1. The van der Waals surface area contributed by atoms with Gasteiger partial charge in [0.25, 0.3) is 0 Å². The molecular formula is C13H20O3. The van der Waals surface area contributed by atoms with E-state index < -0.39 is 5.60 Å². The number of rotatable bonds is 5. The summed E-state index contributed by atoms with van der Waals surface area (Å²) >= 11 is 0.